The van der Waals surface area contributed by atoms with Gasteiger partial charge in [0.15, 0.2) is 0 Å². The van der Waals surface area contributed by atoms with Crippen LogP contribution in [-0.4, -0.2) is 4.92 Å². The second kappa shape index (κ2) is 6.41. The number of hydrogen-bond acceptors (Lipinski definition) is 3. The molecule has 1 N–H and O–H groups in total. The molecule has 0 atom stereocenters. The molecule has 6 heteroatoms. The van der Waals surface area contributed by atoms with Crippen molar-refractivity contribution < 1.29 is 4.92 Å². The minimum atomic E-state index is -0.356. The molecule has 2 rings (SSSR count). The van der Waals surface area contributed by atoms with Gasteiger partial charge < -0.3 is 5.32 Å². The molecule has 0 heterocycles. The summed E-state index contributed by atoms with van der Waals surface area (Å²) in [4.78, 5) is 10.6. The van der Waals surface area contributed by atoms with E-state index >= 15 is 0 Å². The van der Waals surface area contributed by atoms with Crippen LogP contribution in [0.1, 0.15) is 11.1 Å². The highest BCUT2D eigenvalue weighted by Crippen LogP contribution is 2.24. The molecular formula is C14H12ClIN2O2. The van der Waals surface area contributed by atoms with Crippen molar-refractivity contribution in [3.63, 3.8) is 0 Å². The molecule has 2 aromatic rings. The maximum absolute atomic E-state index is 10.9. The highest BCUT2D eigenvalue weighted by molar-refractivity contribution is 14.1. The maximum atomic E-state index is 10.9. The van der Waals surface area contributed by atoms with Crippen LogP contribution in [0.4, 0.5) is 11.4 Å². The predicted octanol–water partition coefficient (Wildman–Crippen LogP) is 4.77. The van der Waals surface area contributed by atoms with Gasteiger partial charge in [-0.3, -0.25) is 10.1 Å². The molecule has 0 unspecified atom stereocenters. The number of nitrogens with one attached hydrogen (secondary N) is 1. The van der Waals surface area contributed by atoms with Crippen molar-refractivity contribution in [3.8, 4) is 0 Å². The first-order chi connectivity index (χ1) is 9.47. The van der Waals surface area contributed by atoms with Crippen molar-refractivity contribution in [1.82, 2.24) is 0 Å². The van der Waals surface area contributed by atoms with Crippen molar-refractivity contribution in [2.24, 2.45) is 0 Å². The second-order valence-electron chi connectivity index (χ2n) is 4.36. The summed E-state index contributed by atoms with van der Waals surface area (Å²) in [5.41, 5.74) is 2.64. The lowest BCUT2D eigenvalue weighted by molar-refractivity contribution is -0.385. The SMILES string of the molecule is Cc1ccc(CNc2ccc(Cl)cc2I)cc1[N+](=O)[O-]. The Morgan fingerprint density at radius 1 is 1.30 bits per heavy atom. The summed E-state index contributed by atoms with van der Waals surface area (Å²) in [7, 11) is 0. The largest absolute Gasteiger partial charge is 0.380 e. The molecule has 0 spiro atoms. The van der Waals surface area contributed by atoms with Gasteiger partial charge in [-0.2, -0.15) is 0 Å². The predicted molar refractivity (Wildman–Crippen MR) is 89.3 cm³/mol. The third-order valence-corrected chi connectivity index (χ3v) is 4.01. The fourth-order valence-corrected chi connectivity index (χ4v) is 2.85. The summed E-state index contributed by atoms with van der Waals surface area (Å²) in [6.45, 7) is 2.26. The Morgan fingerprint density at radius 3 is 2.70 bits per heavy atom. The minimum absolute atomic E-state index is 0.148. The number of rotatable bonds is 4. The van der Waals surface area contributed by atoms with E-state index < -0.39 is 0 Å². The van der Waals surface area contributed by atoms with E-state index in [9.17, 15) is 10.1 Å². The van der Waals surface area contributed by atoms with Crippen molar-refractivity contribution in [2.75, 3.05) is 5.32 Å². The standard InChI is InChI=1S/C14H12ClIN2O2/c1-9-2-3-10(6-14(9)18(19)20)8-17-13-5-4-11(15)7-12(13)16/h2-7,17H,8H2,1H3. The summed E-state index contributed by atoms with van der Waals surface area (Å²) in [6.07, 6.45) is 0. The van der Waals surface area contributed by atoms with Crippen molar-refractivity contribution in [3.05, 3.63) is 66.2 Å². The molecule has 20 heavy (non-hydrogen) atoms. The summed E-state index contributed by atoms with van der Waals surface area (Å²) in [5, 5.41) is 14.8. The summed E-state index contributed by atoms with van der Waals surface area (Å²) in [5.74, 6) is 0. The van der Waals surface area contributed by atoms with E-state index in [0.717, 1.165) is 14.8 Å². The normalized spacial score (nSPS) is 10.3. The molecule has 0 bridgehead atoms. The lowest BCUT2D eigenvalue weighted by atomic mass is 10.1. The van der Waals surface area contributed by atoms with Crippen LogP contribution in [0, 0.1) is 20.6 Å². The van der Waals surface area contributed by atoms with Gasteiger partial charge in [0, 0.05) is 32.5 Å². The maximum Gasteiger partial charge on any atom is 0.272 e. The van der Waals surface area contributed by atoms with E-state index in [1.54, 1.807) is 19.1 Å². The molecule has 4 nitrogen and oxygen atoms in total. The monoisotopic (exact) mass is 402 g/mol. The molecule has 0 aliphatic heterocycles. The number of nitrogens with zero attached hydrogens (tertiary/aromatic N) is 1. The molecule has 0 fully saturated rings. The van der Waals surface area contributed by atoms with Crippen molar-refractivity contribution in [2.45, 2.75) is 13.5 Å². The number of nitro benzene ring substituents is 1. The Bertz CT molecular complexity index is 662. The van der Waals surface area contributed by atoms with Crippen LogP contribution in [0.15, 0.2) is 36.4 Å². The van der Waals surface area contributed by atoms with Crippen LogP contribution >= 0.6 is 34.2 Å². The molecular weight excluding hydrogens is 391 g/mol. The van der Waals surface area contributed by atoms with Gasteiger partial charge in [-0.05, 0) is 53.3 Å². The highest BCUT2D eigenvalue weighted by atomic mass is 127. The number of benzene rings is 2. The van der Waals surface area contributed by atoms with Gasteiger partial charge in [0.05, 0.1) is 4.92 Å². The lowest BCUT2D eigenvalue weighted by Gasteiger charge is -2.09. The molecule has 0 aliphatic carbocycles. The molecule has 0 saturated carbocycles. The van der Waals surface area contributed by atoms with E-state index in [1.807, 2.05) is 24.3 Å². The van der Waals surface area contributed by atoms with E-state index in [2.05, 4.69) is 27.9 Å². The summed E-state index contributed by atoms with van der Waals surface area (Å²) < 4.78 is 1.01. The molecule has 0 aromatic heterocycles. The first-order valence-corrected chi connectivity index (χ1v) is 7.36. The molecule has 2 aromatic carbocycles. The second-order valence-corrected chi connectivity index (χ2v) is 5.95. The van der Waals surface area contributed by atoms with Gasteiger partial charge in [-0.25, -0.2) is 0 Å². The number of hydrogen-bond donors (Lipinski definition) is 1. The third kappa shape index (κ3) is 3.61. The lowest BCUT2D eigenvalue weighted by Crippen LogP contribution is -2.02. The van der Waals surface area contributed by atoms with Gasteiger partial charge in [0.25, 0.3) is 5.69 Å². The van der Waals surface area contributed by atoms with Crippen LogP contribution in [0.3, 0.4) is 0 Å². The highest BCUT2D eigenvalue weighted by Gasteiger charge is 2.11. The minimum Gasteiger partial charge on any atom is -0.380 e. The molecule has 0 saturated heterocycles. The van der Waals surface area contributed by atoms with Crippen molar-refractivity contribution in [1.29, 1.82) is 0 Å². The van der Waals surface area contributed by atoms with Gasteiger partial charge in [-0.15, -0.1) is 0 Å². The number of nitro groups is 1. The van der Waals surface area contributed by atoms with Gasteiger partial charge >= 0.3 is 0 Å². The van der Waals surface area contributed by atoms with E-state index in [0.29, 0.717) is 17.1 Å². The molecule has 104 valence electrons. The van der Waals surface area contributed by atoms with Crippen molar-refractivity contribution >= 4 is 45.6 Å². The first kappa shape index (κ1) is 15.1. The summed E-state index contributed by atoms with van der Waals surface area (Å²) in [6, 6.07) is 10.8. The first-order valence-electron chi connectivity index (χ1n) is 5.90. The molecule has 0 aliphatic rings. The zero-order chi connectivity index (χ0) is 14.7. The fraction of sp³-hybridized carbons (Fsp3) is 0.143. The Kier molecular flexibility index (Phi) is 4.82. The van der Waals surface area contributed by atoms with Crippen LogP contribution in [-0.2, 0) is 6.54 Å². The Balaban J connectivity index is 2.15. The number of aryl methyl sites for hydroxylation is 1. The fourth-order valence-electron chi connectivity index (χ4n) is 1.79. The van der Waals surface area contributed by atoms with Crippen LogP contribution in [0.25, 0.3) is 0 Å². The van der Waals surface area contributed by atoms with Crippen LogP contribution < -0.4 is 5.32 Å². The van der Waals surface area contributed by atoms with Gasteiger partial charge in [-0.1, -0.05) is 23.7 Å². The zero-order valence-electron chi connectivity index (χ0n) is 10.7. The van der Waals surface area contributed by atoms with E-state index in [1.165, 1.54) is 0 Å². The Labute approximate surface area is 135 Å². The Morgan fingerprint density at radius 2 is 2.05 bits per heavy atom. The van der Waals surface area contributed by atoms with Gasteiger partial charge in [0.1, 0.15) is 0 Å². The Hall–Kier alpha value is -1.34. The van der Waals surface area contributed by atoms with Gasteiger partial charge in [0.2, 0.25) is 0 Å². The van der Waals surface area contributed by atoms with Crippen LogP contribution in [0.2, 0.25) is 5.02 Å². The summed E-state index contributed by atoms with van der Waals surface area (Å²) >= 11 is 8.10. The number of halogens is 2. The number of anilines is 1. The average Bonchev–Trinajstić information content (AvgIpc) is 2.39. The van der Waals surface area contributed by atoms with E-state index in [4.69, 9.17) is 11.6 Å². The third-order valence-electron chi connectivity index (χ3n) is 2.88. The quantitative estimate of drug-likeness (QED) is 0.455. The topological polar surface area (TPSA) is 55.2 Å². The molecule has 0 radical (unpaired) electrons. The molecule has 0 amide bonds. The van der Waals surface area contributed by atoms with Crippen LogP contribution in [0.5, 0.6) is 0 Å². The van der Waals surface area contributed by atoms with E-state index in [-0.39, 0.29) is 10.6 Å². The smallest absolute Gasteiger partial charge is 0.272 e. The zero-order valence-corrected chi connectivity index (χ0v) is 13.6. The average molecular weight is 403 g/mol.